The van der Waals surface area contributed by atoms with Crippen molar-refractivity contribution < 1.29 is 4.79 Å². The van der Waals surface area contributed by atoms with Crippen LogP contribution in [-0.4, -0.2) is 29.8 Å². The minimum atomic E-state index is 0.179. The summed E-state index contributed by atoms with van der Waals surface area (Å²) in [6.07, 6.45) is 6.89. The second-order valence-corrected chi connectivity index (χ2v) is 7.56. The fourth-order valence-electron chi connectivity index (χ4n) is 3.50. The Hall–Kier alpha value is -0.240. The smallest absolute Gasteiger partial charge is 0.225 e. The van der Waals surface area contributed by atoms with E-state index in [1.807, 2.05) is 11.9 Å². The highest BCUT2D eigenvalue weighted by Crippen LogP contribution is 2.41. The molecule has 2 aliphatic carbocycles. The molecule has 18 heavy (non-hydrogen) atoms. The predicted molar refractivity (Wildman–Crippen MR) is 75.7 cm³/mol. The lowest BCUT2D eigenvalue weighted by Gasteiger charge is -2.41. The third-order valence-corrected chi connectivity index (χ3v) is 5.25. The fraction of sp³-hybridized carbons (Fsp3) is 0.933. The number of alkyl halides is 1. The Labute approximate surface area is 116 Å². The number of amides is 1. The SMILES string of the molecule is CN(CC1CC(Cl)C1)C(=O)C1CCCCC1(C)C. The zero-order valence-electron chi connectivity index (χ0n) is 11.9. The summed E-state index contributed by atoms with van der Waals surface area (Å²) in [5, 5.41) is 0.352. The molecular weight excluding hydrogens is 246 g/mol. The largest absolute Gasteiger partial charge is 0.345 e. The van der Waals surface area contributed by atoms with Crippen LogP contribution < -0.4 is 0 Å². The summed E-state index contributed by atoms with van der Waals surface area (Å²) in [7, 11) is 1.97. The van der Waals surface area contributed by atoms with E-state index in [0.717, 1.165) is 25.8 Å². The van der Waals surface area contributed by atoms with Crippen molar-refractivity contribution in [2.24, 2.45) is 17.3 Å². The lowest BCUT2D eigenvalue weighted by Crippen LogP contribution is -2.45. The highest BCUT2D eigenvalue weighted by molar-refractivity contribution is 6.21. The number of hydrogen-bond donors (Lipinski definition) is 0. The second-order valence-electron chi connectivity index (χ2n) is 6.94. The molecule has 0 heterocycles. The van der Waals surface area contributed by atoms with Crippen molar-refractivity contribution in [2.75, 3.05) is 13.6 Å². The van der Waals surface area contributed by atoms with Crippen LogP contribution in [0.5, 0.6) is 0 Å². The average Bonchev–Trinajstić information content (AvgIpc) is 2.25. The van der Waals surface area contributed by atoms with Gasteiger partial charge < -0.3 is 4.90 Å². The summed E-state index contributed by atoms with van der Waals surface area (Å²) in [6.45, 7) is 5.40. The Morgan fingerprint density at radius 3 is 2.56 bits per heavy atom. The van der Waals surface area contributed by atoms with E-state index in [1.54, 1.807) is 0 Å². The molecule has 2 aliphatic rings. The van der Waals surface area contributed by atoms with E-state index in [9.17, 15) is 4.79 Å². The summed E-state index contributed by atoms with van der Waals surface area (Å²) in [5.74, 6) is 1.22. The van der Waals surface area contributed by atoms with Crippen LogP contribution in [0.2, 0.25) is 0 Å². The van der Waals surface area contributed by atoms with Gasteiger partial charge in [-0.1, -0.05) is 26.7 Å². The van der Waals surface area contributed by atoms with Gasteiger partial charge in [0.1, 0.15) is 0 Å². The Kier molecular flexibility index (Phi) is 4.25. The van der Waals surface area contributed by atoms with Gasteiger partial charge in [0.25, 0.3) is 0 Å². The van der Waals surface area contributed by atoms with Gasteiger partial charge in [-0.3, -0.25) is 4.79 Å². The zero-order chi connectivity index (χ0) is 13.3. The Morgan fingerprint density at radius 2 is 2.00 bits per heavy atom. The molecule has 2 rings (SSSR count). The minimum absolute atomic E-state index is 0.179. The third-order valence-electron chi connectivity index (χ3n) is 4.89. The lowest BCUT2D eigenvalue weighted by molar-refractivity contribution is -0.140. The normalized spacial score (nSPS) is 34.8. The molecule has 0 aromatic heterocycles. The third kappa shape index (κ3) is 3.01. The molecule has 0 aromatic rings. The monoisotopic (exact) mass is 271 g/mol. The fourth-order valence-corrected chi connectivity index (χ4v) is 4.00. The predicted octanol–water partition coefficient (Wildman–Crippen LogP) is 3.68. The Bertz CT molecular complexity index is 310. The van der Waals surface area contributed by atoms with Crippen LogP contribution in [0.4, 0.5) is 0 Å². The molecule has 2 fully saturated rings. The first-order valence-corrected chi connectivity index (χ1v) is 7.73. The molecule has 0 saturated heterocycles. The van der Waals surface area contributed by atoms with E-state index in [-0.39, 0.29) is 11.3 Å². The van der Waals surface area contributed by atoms with Crippen molar-refractivity contribution in [1.29, 1.82) is 0 Å². The highest BCUT2D eigenvalue weighted by atomic mass is 35.5. The summed E-state index contributed by atoms with van der Waals surface area (Å²) in [4.78, 5) is 14.5. The zero-order valence-corrected chi connectivity index (χ0v) is 12.7. The first kappa shape index (κ1) is 14.2. The first-order chi connectivity index (χ1) is 8.40. The van der Waals surface area contributed by atoms with Gasteiger partial charge >= 0.3 is 0 Å². The van der Waals surface area contributed by atoms with E-state index < -0.39 is 0 Å². The van der Waals surface area contributed by atoms with E-state index >= 15 is 0 Å². The molecule has 0 spiro atoms. The summed E-state index contributed by atoms with van der Waals surface area (Å²) in [6, 6.07) is 0. The maximum absolute atomic E-state index is 12.6. The molecular formula is C15H26ClNO. The molecule has 0 aliphatic heterocycles. The van der Waals surface area contributed by atoms with Crippen LogP contribution in [0.25, 0.3) is 0 Å². The molecule has 2 nitrogen and oxygen atoms in total. The van der Waals surface area contributed by atoms with Gasteiger partial charge in [-0.15, -0.1) is 11.6 Å². The first-order valence-electron chi connectivity index (χ1n) is 7.29. The van der Waals surface area contributed by atoms with Crippen LogP contribution in [-0.2, 0) is 4.79 Å². The molecule has 1 amide bonds. The van der Waals surface area contributed by atoms with Crippen LogP contribution in [0, 0.1) is 17.3 Å². The molecule has 0 aromatic carbocycles. The van der Waals surface area contributed by atoms with Crippen LogP contribution >= 0.6 is 11.6 Å². The highest BCUT2D eigenvalue weighted by Gasteiger charge is 2.39. The van der Waals surface area contributed by atoms with Gasteiger partial charge in [-0.2, -0.15) is 0 Å². The average molecular weight is 272 g/mol. The summed E-state index contributed by atoms with van der Waals surface area (Å²) < 4.78 is 0. The van der Waals surface area contributed by atoms with Crippen molar-refractivity contribution in [3.63, 3.8) is 0 Å². The minimum Gasteiger partial charge on any atom is -0.345 e. The molecule has 104 valence electrons. The van der Waals surface area contributed by atoms with Crippen molar-refractivity contribution >= 4 is 17.5 Å². The topological polar surface area (TPSA) is 20.3 Å². The van der Waals surface area contributed by atoms with E-state index in [4.69, 9.17) is 11.6 Å². The van der Waals surface area contributed by atoms with Crippen LogP contribution in [0.1, 0.15) is 52.4 Å². The second kappa shape index (κ2) is 5.40. The van der Waals surface area contributed by atoms with Gasteiger partial charge in [0.05, 0.1) is 0 Å². The Balaban J connectivity index is 1.89. The van der Waals surface area contributed by atoms with Crippen molar-refractivity contribution in [3.05, 3.63) is 0 Å². The van der Waals surface area contributed by atoms with Gasteiger partial charge in [0, 0.05) is 24.9 Å². The van der Waals surface area contributed by atoms with Crippen LogP contribution in [0.3, 0.4) is 0 Å². The molecule has 0 radical (unpaired) electrons. The molecule has 1 unspecified atom stereocenters. The molecule has 0 N–H and O–H groups in total. The van der Waals surface area contributed by atoms with Gasteiger partial charge in [0.2, 0.25) is 5.91 Å². The standard InChI is InChI=1S/C15H26ClNO/c1-15(2)7-5-4-6-13(15)14(18)17(3)10-11-8-12(16)9-11/h11-13H,4-10H2,1-3H3. The maximum Gasteiger partial charge on any atom is 0.225 e. The van der Waals surface area contributed by atoms with E-state index in [2.05, 4.69) is 13.8 Å². The van der Waals surface area contributed by atoms with Crippen LogP contribution in [0.15, 0.2) is 0 Å². The molecule has 0 bridgehead atoms. The van der Waals surface area contributed by atoms with Crippen molar-refractivity contribution in [1.82, 2.24) is 4.90 Å². The molecule has 2 saturated carbocycles. The molecule has 3 heteroatoms. The number of rotatable bonds is 3. The molecule has 1 atom stereocenters. The number of halogens is 1. The van der Waals surface area contributed by atoms with Crippen molar-refractivity contribution in [2.45, 2.75) is 57.7 Å². The van der Waals surface area contributed by atoms with Gasteiger partial charge in [0.15, 0.2) is 0 Å². The summed E-state index contributed by atoms with van der Waals surface area (Å²) >= 11 is 6.00. The number of carbonyl (C=O) groups excluding carboxylic acids is 1. The van der Waals surface area contributed by atoms with E-state index in [1.165, 1.54) is 19.3 Å². The van der Waals surface area contributed by atoms with Gasteiger partial charge in [-0.05, 0) is 37.0 Å². The van der Waals surface area contributed by atoms with E-state index in [0.29, 0.717) is 17.2 Å². The van der Waals surface area contributed by atoms with Crippen molar-refractivity contribution in [3.8, 4) is 0 Å². The Morgan fingerprint density at radius 1 is 1.33 bits per heavy atom. The quantitative estimate of drug-likeness (QED) is 0.717. The maximum atomic E-state index is 12.6. The van der Waals surface area contributed by atoms with Gasteiger partial charge in [-0.25, -0.2) is 0 Å². The number of carbonyl (C=O) groups is 1. The number of nitrogens with zero attached hydrogens (tertiary/aromatic N) is 1. The number of hydrogen-bond acceptors (Lipinski definition) is 1. The summed E-state index contributed by atoms with van der Waals surface area (Å²) in [5.41, 5.74) is 0.179. The lowest BCUT2D eigenvalue weighted by atomic mass is 9.68.